The highest BCUT2D eigenvalue weighted by molar-refractivity contribution is 5.32. The van der Waals surface area contributed by atoms with Crippen molar-refractivity contribution in [2.24, 2.45) is 0 Å². The summed E-state index contributed by atoms with van der Waals surface area (Å²) < 4.78 is 12.9. The molecule has 2 nitrogen and oxygen atoms in total. The van der Waals surface area contributed by atoms with Crippen molar-refractivity contribution >= 4 is 0 Å². The molecule has 1 aromatic rings. The van der Waals surface area contributed by atoms with Gasteiger partial charge in [-0.25, -0.2) is 4.39 Å². The fourth-order valence-electron chi connectivity index (χ4n) is 1.48. The molecule has 84 valence electrons. The molecule has 1 rings (SSSR count). The van der Waals surface area contributed by atoms with Crippen molar-refractivity contribution in [2.75, 3.05) is 13.6 Å². The number of nitrogens with zero attached hydrogens (tertiary/aromatic N) is 1. The van der Waals surface area contributed by atoms with Crippen LogP contribution in [0.1, 0.15) is 25.3 Å². The van der Waals surface area contributed by atoms with Gasteiger partial charge in [-0.05, 0) is 38.2 Å². The summed E-state index contributed by atoms with van der Waals surface area (Å²) in [7, 11) is 1.97. The average Bonchev–Trinajstić information content (AvgIpc) is 2.20. The van der Waals surface area contributed by atoms with Crippen molar-refractivity contribution in [3.8, 4) is 5.75 Å². The lowest BCUT2D eigenvalue weighted by molar-refractivity contribution is 0.314. The van der Waals surface area contributed by atoms with Crippen LogP contribution in [-0.2, 0) is 6.54 Å². The second-order valence-corrected chi connectivity index (χ2v) is 3.86. The summed E-state index contributed by atoms with van der Waals surface area (Å²) in [5.74, 6) is -0.133. The van der Waals surface area contributed by atoms with Crippen molar-refractivity contribution < 1.29 is 9.50 Å². The van der Waals surface area contributed by atoms with Gasteiger partial charge in [-0.1, -0.05) is 13.3 Å². The van der Waals surface area contributed by atoms with Crippen LogP contribution in [-0.4, -0.2) is 23.6 Å². The monoisotopic (exact) mass is 211 g/mol. The van der Waals surface area contributed by atoms with Gasteiger partial charge in [-0.15, -0.1) is 0 Å². The first kappa shape index (κ1) is 12.0. The van der Waals surface area contributed by atoms with Crippen LogP contribution in [0.25, 0.3) is 0 Å². The minimum atomic E-state index is -0.299. The molecule has 0 saturated carbocycles. The Morgan fingerprint density at radius 2 is 2.13 bits per heavy atom. The molecule has 0 amide bonds. The first-order chi connectivity index (χ1) is 7.13. The summed E-state index contributed by atoms with van der Waals surface area (Å²) >= 11 is 0. The maximum atomic E-state index is 12.9. The van der Waals surface area contributed by atoms with Crippen LogP contribution >= 0.6 is 0 Å². The SMILES string of the molecule is CCCCN(C)Cc1cc(F)ccc1O. The number of hydrogen-bond donors (Lipinski definition) is 1. The molecule has 0 saturated heterocycles. The molecular formula is C12H18FNO. The number of phenolic OH excluding ortho intramolecular Hbond substituents is 1. The quantitative estimate of drug-likeness (QED) is 0.809. The Balaban J connectivity index is 2.59. The molecule has 0 aromatic heterocycles. The number of unbranched alkanes of at least 4 members (excludes halogenated alkanes) is 1. The third-order valence-corrected chi connectivity index (χ3v) is 2.38. The number of rotatable bonds is 5. The summed E-state index contributed by atoms with van der Waals surface area (Å²) in [5, 5.41) is 9.52. The number of phenols is 1. The van der Waals surface area contributed by atoms with E-state index < -0.39 is 0 Å². The number of halogens is 1. The molecule has 0 aliphatic heterocycles. The molecule has 1 N–H and O–H groups in total. The first-order valence-corrected chi connectivity index (χ1v) is 5.29. The van der Waals surface area contributed by atoms with Gasteiger partial charge in [-0.2, -0.15) is 0 Å². The molecule has 0 bridgehead atoms. The van der Waals surface area contributed by atoms with Gasteiger partial charge >= 0.3 is 0 Å². The fourth-order valence-corrected chi connectivity index (χ4v) is 1.48. The smallest absolute Gasteiger partial charge is 0.123 e. The van der Waals surface area contributed by atoms with Crippen molar-refractivity contribution in [1.29, 1.82) is 0 Å². The third kappa shape index (κ3) is 3.88. The minimum absolute atomic E-state index is 0.166. The molecule has 0 spiro atoms. The second kappa shape index (κ2) is 5.71. The van der Waals surface area contributed by atoms with E-state index in [1.807, 2.05) is 7.05 Å². The zero-order valence-corrected chi connectivity index (χ0v) is 9.33. The van der Waals surface area contributed by atoms with Gasteiger partial charge in [0.1, 0.15) is 11.6 Å². The maximum absolute atomic E-state index is 12.9. The van der Waals surface area contributed by atoms with Crippen LogP contribution < -0.4 is 0 Å². The highest BCUT2D eigenvalue weighted by Gasteiger charge is 2.05. The topological polar surface area (TPSA) is 23.5 Å². The summed E-state index contributed by atoms with van der Waals surface area (Å²) in [6.45, 7) is 3.68. The van der Waals surface area contributed by atoms with Crippen LogP contribution in [0.3, 0.4) is 0 Å². The van der Waals surface area contributed by atoms with Gasteiger partial charge < -0.3 is 10.0 Å². The minimum Gasteiger partial charge on any atom is -0.508 e. The molecule has 0 aliphatic carbocycles. The van der Waals surface area contributed by atoms with Crippen LogP contribution in [0.15, 0.2) is 18.2 Å². The average molecular weight is 211 g/mol. The molecule has 0 radical (unpaired) electrons. The third-order valence-electron chi connectivity index (χ3n) is 2.38. The van der Waals surface area contributed by atoms with Crippen LogP contribution in [0, 0.1) is 5.82 Å². The molecule has 0 unspecified atom stereocenters. The van der Waals surface area contributed by atoms with E-state index in [4.69, 9.17) is 0 Å². The molecule has 1 aromatic carbocycles. The number of aromatic hydroxyl groups is 1. The molecule has 0 atom stereocenters. The molecular weight excluding hydrogens is 193 g/mol. The Bertz CT molecular complexity index is 314. The van der Waals surface area contributed by atoms with Gasteiger partial charge in [-0.3, -0.25) is 0 Å². The fraction of sp³-hybridized carbons (Fsp3) is 0.500. The molecule has 0 heterocycles. The number of benzene rings is 1. The Morgan fingerprint density at radius 1 is 1.40 bits per heavy atom. The van der Waals surface area contributed by atoms with Gasteiger partial charge in [0.25, 0.3) is 0 Å². The normalized spacial score (nSPS) is 10.9. The van der Waals surface area contributed by atoms with E-state index in [0.29, 0.717) is 12.1 Å². The maximum Gasteiger partial charge on any atom is 0.123 e. The second-order valence-electron chi connectivity index (χ2n) is 3.86. The molecule has 0 aliphatic rings. The van der Waals surface area contributed by atoms with E-state index in [1.165, 1.54) is 18.2 Å². The van der Waals surface area contributed by atoms with Gasteiger partial charge in [0, 0.05) is 12.1 Å². The van der Waals surface area contributed by atoms with E-state index in [1.54, 1.807) is 0 Å². The van der Waals surface area contributed by atoms with E-state index in [9.17, 15) is 9.50 Å². The Hall–Kier alpha value is -1.09. The summed E-state index contributed by atoms with van der Waals surface area (Å²) in [5.41, 5.74) is 0.647. The first-order valence-electron chi connectivity index (χ1n) is 5.29. The van der Waals surface area contributed by atoms with Gasteiger partial charge in [0.05, 0.1) is 0 Å². The van der Waals surface area contributed by atoms with Gasteiger partial charge in [0.15, 0.2) is 0 Å². The van der Waals surface area contributed by atoms with Crippen LogP contribution in [0.4, 0.5) is 4.39 Å². The van der Waals surface area contributed by atoms with Crippen LogP contribution in [0.2, 0.25) is 0 Å². The zero-order chi connectivity index (χ0) is 11.3. The standard InChI is InChI=1S/C12H18FNO/c1-3-4-7-14(2)9-10-8-11(13)5-6-12(10)15/h5-6,8,15H,3-4,7,9H2,1-2H3. The van der Waals surface area contributed by atoms with Crippen molar-refractivity contribution in [1.82, 2.24) is 4.90 Å². The summed E-state index contributed by atoms with van der Waals surface area (Å²) in [4.78, 5) is 2.08. The Kier molecular flexibility index (Phi) is 4.56. The molecule has 15 heavy (non-hydrogen) atoms. The highest BCUT2D eigenvalue weighted by Crippen LogP contribution is 2.19. The largest absolute Gasteiger partial charge is 0.508 e. The van der Waals surface area contributed by atoms with E-state index in [2.05, 4.69) is 11.8 Å². The summed E-state index contributed by atoms with van der Waals surface area (Å²) in [6, 6.07) is 4.06. The predicted octanol–water partition coefficient (Wildman–Crippen LogP) is 2.76. The van der Waals surface area contributed by atoms with Crippen LogP contribution in [0.5, 0.6) is 5.75 Å². The highest BCUT2D eigenvalue weighted by atomic mass is 19.1. The molecule has 0 fully saturated rings. The van der Waals surface area contributed by atoms with Crippen molar-refractivity contribution in [3.63, 3.8) is 0 Å². The Morgan fingerprint density at radius 3 is 2.80 bits per heavy atom. The lowest BCUT2D eigenvalue weighted by Gasteiger charge is -2.16. The lowest BCUT2D eigenvalue weighted by Crippen LogP contribution is -2.19. The molecule has 3 heteroatoms. The Labute approximate surface area is 90.3 Å². The van der Waals surface area contributed by atoms with E-state index in [-0.39, 0.29) is 11.6 Å². The van der Waals surface area contributed by atoms with Crippen molar-refractivity contribution in [3.05, 3.63) is 29.6 Å². The lowest BCUT2D eigenvalue weighted by atomic mass is 10.2. The van der Waals surface area contributed by atoms with E-state index >= 15 is 0 Å². The van der Waals surface area contributed by atoms with E-state index in [0.717, 1.165) is 19.4 Å². The summed E-state index contributed by atoms with van der Waals surface area (Å²) in [6.07, 6.45) is 2.26. The van der Waals surface area contributed by atoms with Crippen molar-refractivity contribution in [2.45, 2.75) is 26.3 Å². The predicted molar refractivity (Wildman–Crippen MR) is 59.3 cm³/mol. The number of hydrogen-bond acceptors (Lipinski definition) is 2. The van der Waals surface area contributed by atoms with Gasteiger partial charge in [0.2, 0.25) is 0 Å². The zero-order valence-electron chi connectivity index (χ0n) is 9.33.